The molecule has 2 aromatic rings. The van der Waals surface area contributed by atoms with Crippen LogP contribution in [-0.4, -0.2) is 30.8 Å². The van der Waals surface area contributed by atoms with Crippen LogP contribution < -0.4 is 0 Å². The highest BCUT2D eigenvalue weighted by atomic mass is 16.6. The molecule has 86 valence electrons. The van der Waals surface area contributed by atoms with Gasteiger partial charge in [0, 0.05) is 18.5 Å². The molecule has 0 unspecified atom stereocenters. The fourth-order valence-corrected chi connectivity index (χ4v) is 1.21. The molecule has 0 saturated heterocycles. The molecule has 0 bridgehead atoms. The van der Waals surface area contributed by atoms with Crippen molar-refractivity contribution in [2.24, 2.45) is 0 Å². The normalized spacial score (nSPS) is 10.1. The van der Waals surface area contributed by atoms with E-state index in [1.165, 1.54) is 24.5 Å². The van der Waals surface area contributed by atoms with Crippen LogP contribution in [0.3, 0.4) is 0 Å². The molecule has 0 spiro atoms. The highest BCUT2D eigenvalue weighted by Crippen LogP contribution is 2.13. The number of aromatic carboxylic acids is 1. The lowest BCUT2D eigenvalue weighted by Gasteiger charge is -1.98. The van der Waals surface area contributed by atoms with Crippen molar-refractivity contribution in [1.82, 2.24) is 14.8 Å². The van der Waals surface area contributed by atoms with E-state index in [0.717, 1.165) is 10.9 Å². The van der Waals surface area contributed by atoms with Gasteiger partial charge in [-0.1, -0.05) is 0 Å². The van der Waals surface area contributed by atoms with Crippen molar-refractivity contribution < 1.29 is 14.8 Å². The van der Waals surface area contributed by atoms with Crippen molar-refractivity contribution in [3.63, 3.8) is 0 Å². The van der Waals surface area contributed by atoms with Crippen LogP contribution in [0.4, 0.5) is 5.69 Å². The Kier molecular flexibility index (Phi) is 2.53. The predicted octanol–water partition coefficient (Wildman–Crippen LogP) is 0.874. The first-order chi connectivity index (χ1) is 8.08. The molecule has 0 radical (unpaired) electrons. The van der Waals surface area contributed by atoms with E-state index in [9.17, 15) is 14.9 Å². The molecule has 0 aliphatic heterocycles. The van der Waals surface area contributed by atoms with Crippen LogP contribution in [0.1, 0.15) is 10.4 Å². The largest absolute Gasteiger partial charge is 0.478 e. The Hall–Kier alpha value is -2.77. The number of hydrogen-bond acceptors (Lipinski definition) is 5. The summed E-state index contributed by atoms with van der Waals surface area (Å²) < 4.78 is 1.16. The van der Waals surface area contributed by atoms with E-state index in [1.807, 2.05) is 0 Å². The minimum Gasteiger partial charge on any atom is -0.478 e. The maximum Gasteiger partial charge on any atom is 0.338 e. The maximum absolute atomic E-state index is 10.6. The zero-order chi connectivity index (χ0) is 12.4. The molecular weight excluding hydrogens is 228 g/mol. The molecule has 0 aliphatic rings. The van der Waals surface area contributed by atoms with Crippen LogP contribution in [0.25, 0.3) is 5.82 Å². The lowest BCUT2D eigenvalue weighted by molar-refractivity contribution is -0.384. The van der Waals surface area contributed by atoms with Crippen molar-refractivity contribution >= 4 is 11.7 Å². The zero-order valence-corrected chi connectivity index (χ0v) is 8.35. The smallest absolute Gasteiger partial charge is 0.338 e. The Morgan fingerprint density at radius 2 is 2.29 bits per heavy atom. The minimum absolute atomic E-state index is 0.0155. The van der Waals surface area contributed by atoms with Gasteiger partial charge in [0.1, 0.15) is 0 Å². The van der Waals surface area contributed by atoms with E-state index in [1.54, 1.807) is 0 Å². The average Bonchev–Trinajstić information content (AvgIpc) is 2.78. The van der Waals surface area contributed by atoms with Gasteiger partial charge < -0.3 is 5.11 Å². The molecule has 8 nitrogen and oxygen atoms in total. The van der Waals surface area contributed by atoms with E-state index in [4.69, 9.17) is 5.11 Å². The van der Waals surface area contributed by atoms with Gasteiger partial charge in [-0.3, -0.25) is 10.1 Å². The number of carboxylic acids is 1. The molecule has 17 heavy (non-hydrogen) atoms. The van der Waals surface area contributed by atoms with Crippen molar-refractivity contribution in [1.29, 1.82) is 0 Å². The third-order valence-corrected chi connectivity index (χ3v) is 2.00. The SMILES string of the molecule is O=C(O)c1cnn(-c2cc([N+](=O)[O-])ccn2)c1. The summed E-state index contributed by atoms with van der Waals surface area (Å²) in [4.78, 5) is 24.5. The van der Waals surface area contributed by atoms with Crippen LogP contribution in [0.5, 0.6) is 0 Å². The topological polar surface area (TPSA) is 111 Å². The van der Waals surface area contributed by atoms with Crippen LogP contribution in [-0.2, 0) is 0 Å². The number of rotatable bonds is 3. The number of aromatic nitrogens is 3. The monoisotopic (exact) mass is 234 g/mol. The van der Waals surface area contributed by atoms with Gasteiger partial charge in [0.05, 0.1) is 22.7 Å². The van der Waals surface area contributed by atoms with Crippen LogP contribution >= 0.6 is 0 Å². The van der Waals surface area contributed by atoms with E-state index in [0.29, 0.717) is 0 Å². The van der Waals surface area contributed by atoms with Gasteiger partial charge >= 0.3 is 5.97 Å². The molecule has 2 aromatic heterocycles. The Balaban J connectivity index is 2.42. The molecule has 0 atom stereocenters. The van der Waals surface area contributed by atoms with E-state index in [-0.39, 0.29) is 17.1 Å². The van der Waals surface area contributed by atoms with Crippen LogP contribution in [0.15, 0.2) is 30.7 Å². The van der Waals surface area contributed by atoms with Crippen molar-refractivity contribution in [3.05, 3.63) is 46.4 Å². The Bertz CT molecular complexity index is 592. The van der Waals surface area contributed by atoms with E-state index in [2.05, 4.69) is 10.1 Å². The molecule has 8 heteroatoms. The summed E-state index contributed by atoms with van der Waals surface area (Å²) >= 11 is 0. The van der Waals surface area contributed by atoms with Gasteiger partial charge in [-0.15, -0.1) is 0 Å². The molecule has 0 amide bonds. The Morgan fingerprint density at radius 1 is 1.53 bits per heavy atom. The summed E-state index contributed by atoms with van der Waals surface area (Å²) in [6.45, 7) is 0. The van der Waals surface area contributed by atoms with Gasteiger partial charge in [0.25, 0.3) is 5.69 Å². The van der Waals surface area contributed by atoms with Crippen LogP contribution in [0, 0.1) is 10.1 Å². The molecule has 0 aromatic carbocycles. The number of nitrogens with zero attached hydrogens (tertiary/aromatic N) is 4. The second kappa shape index (κ2) is 4.00. The Morgan fingerprint density at radius 3 is 2.88 bits per heavy atom. The van der Waals surface area contributed by atoms with Gasteiger partial charge in [0.15, 0.2) is 5.82 Å². The number of hydrogen-bond donors (Lipinski definition) is 1. The first kappa shape index (κ1) is 10.7. The second-order valence-electron chi connectivity index (χ2n) is 3.11. The number of pyridine rings is 1. The molecule has 0 saturated carbocycles. The summed E-state index contributed by atoms with van der Waals surface area (Å²) in [6.07, 6.45) is 3.63. The van der Waals surface area contributed by atoms with Crippen molar-refractivity contribution in [2.45, 2.75) is 0 Å². The van der Waals surface area contributed by atoms with Crippen molar-refractivity contribution in [2.75, 3.05) is 0 Å². The summed E-state index contributed by atoms with van der Waals surface area (Å²) in [6, 6.07) is 2.45. The maximum atomic E-state index is 10.6. The summed E-state index contributed by atoms with van der Waals surface area (Å²) in [7, 11) is 0. The second-order valence-corrected chi connectivity index (χ2v) is 3.11. The first-order valence-electron chi connectivity index (χ1n) is 4.47. The van der Waals surface area contributed by atoms with Crippen LogP contribution in [0.2, 0.25) is 0 Å². The average molecular weight is 234 g/mol. The molecule has 2 heterocycles. The molecule has 0 aliphatic carbocycles. The first-order valence-corrected chi connectivity index (χ1v) is 4.47. The lowest BCUT2D eigenvalue weighted by atomic mass is 10.4. The molecule has 2 rings (SSSR count). The van der Waals surface area contributed by atoms with Gasteiger partial charge in [-0.25, -0.2) is 14.5 Å². The fraction of sp³-hybridized carbons (Fsp3) is 0. The number of carbonyl (C=O) groups is 1. The predicted molar refractivity (Wildman–Crippen MR) is 55.0 cm³/mol. The summed E-state index contributed by atoms with van der Waals surface area (Å²) in [5.74, 6) is -0.937. The van der Waals surface area contributed by atoms with Crippen molar-refractivity contribution in [3.8, 4) is 5.82 Å². The Labute approximate surface area is 94.3 Å². The minimum atomic E-state index is -1.12. The molecule has 1 N–H and O–H groups in total. The third kappa shape index (κ3) is 2.09. The third-order valence-electron chi connectivity index (χ3n) is 2.00. The summed E-state index contributed by atoms with van der Waals surface area (Å²) in [5.41, 5.74) is -0.152. The lowest BCUT2D eigenvalue weighted by Crippen LogP contribution is -1.99. The zero-order valence-electron chi connectivity index (χ0n) is 8.35. The van der Waals surface area contributed by atoms with E-state index >= 15 is 0 Å². The van der Waals surface area contributed by atoms with Gasteiger partial charge in [-0.05, 0) is 0 Å². The highest BCUT2D eigenvalue weighted by Gasteiger charge is 2.11. The van der Waals surface area contributed by atoms with Gasteiger partial charge in [-0.2, -0.15) is 5.10 Å². The number of carboxylic acid groups (broad SMARTS) is 1. The van der Waals surface area contributed by atoms with E-state index < -0.39 is 10.9 Å². The fourth-order valence-electron chi connectivity index (χ4n) is 1.21. The summed E-state index contributed by atoms with van der Waals surface area (Å²) in [5, 5.41) is 23.0. The standard InChI is InChI=1S/C9H6N4O4/c14-9(15)6-4-11-12(5-6)8-3-7(13(16)17)1-2-10-8/h1-5H,(H,14,15). The molecular formula is C9H6N4O4. The number of nitro groups is 1. The quantitative estimate of drug-likeness (QED) is 0.623. The highest BCUT2D eigenvalue weighted by molar-refractivity contribution is 5.86. The molecule has 0 fully saturated rings. The van der Waals surface area contributed by atoms with Gasteiger partial charge in [0.2, 0.25) is 0 Å².